The Balaban J connectivity index is 1.38. The van der Waals surface area contributed by atoms with Crippen molar-refractivity contribution in [2.75, 3.05) is 26.2 Å². The molecule has 0 bridgehead atoms. The zero-order valence-electron chi connectivity index (χ0n) is 14.8. The van der Waals surface area contributed by atoms with Crippen LogP contribution in [-0.2, 0) is 9.59 Å². The Morgan fingerprint density at radius 1 is 1.17 bits per heavy atom. The molecule has 1 saturated carbocycles. The lowest BCUT2D eigenvalue weighted by atomic mass is 9.78. The van der Waals surface area contributed by atoms with Gasteiger partial charge in [-0.05, 0) is 63.7 Å². The van der Waals surface area contributed by atoms with Crippen LogP contribution in [0.5, 0.6) is 0 Å². The van der Waals surface area contributed by atoms with Crippen molar-refractivity contribution in [3.05, 3.63) is 11.6 Å². The average molecular weight is 330 g/mol. The third kappa shape index (κ3) is 3.25. The summed E-state index contributed by atoms with van der Waals surface area (Å²) in [6.07, 6.45) is 13.1. The van der Waals surface area contributed by atoms with Crippen LogP contribution in [0.15, 0.2) is 11.6 Å². The highest BCUT2D eigenvalue weighted by atomic mass is 16.2. The van der Waals surface area contributed by atoms with Crippen LogP contribution in [-0.4, -0.2) is 47.8 Å². The third-order valence-corrected chi connectivity index (χ3v) is 6.47. The van der Waals surface area contributed by atoms with E-state index < -0.39 is 0 Å². The molecule has 4 rings (SSSR count). The first kappa shape index (κ1) is 16.2. The molecule has 2 aliphatic carbocycles. The molecule has 2 saturated heterocycles. The Bertz CT molecular complexity index is 552. The summed E-state index contributed by atoms with van der Waals surface area (Å²) in [5, 5.41) is 0. The number of rotatable bonds is 4. The minimum Gasteiger partial charge on any atom is -0.342 e. The van der Waals surface area contributed by atoms with Crippen molar-refractivity contribution in [3.8, 4) is 0 Å². The number of nitrogens with zero attached hydrogens (tertiary/aromatic N) is 2. The largest absolute Gasteiger partial charge is 0.342 e. The molecule has 2 amide bonds. The van der Waals surface area contributed by atoms with Crippen LogP contribution in [0, 0.1) is 11.3 Å². The van der Waals surface area contributed by atoms with Gasteiger partial charge >= 0.3 is 0 Å². The normalized spacial score (nSPS) is 30.8. The van der Waals surface area contributed by atoms with Crippen LogP contribution in [0.2, 0.25) is 0 Å². The van der Waals surface area contributed by atoms with E-state index in [0.717, 1.165) is 57.7 Å². The number of hydrogen-bond donors (Lipinski definition) is 0. The number of carbonyl (C=O) groups excluding carboxylic acids is 2. The van der Waals surface area contributed by atoms with Gasteiger partial charge in [-0.15, -0.1) is 0 Å². The Hall–Kier alpha value is -1.32. The Labute approximate surface area is 145 Å². The van der Waals surface area contributed by atoms with Gasteiger partial charge in [-0.1, -0.05) is 11.6 Å². The van der Waals surface area contributed by atoms with Gasteiger partial charge in [-0.25, -0.2) is 0 Å². The third-order valence-electron chi connectivity index (χ3n) is 6.47. The second-order valence-electron chi connectivity index (χ2n) is 8.43. The van der Waals surface area contributed by atoms with Crippen LogP contribution >= 0.6 is 0 Å². The summed E-state index contributed by atoms with van der Waals surface area (Å²) in [6.45, 7) is 3.33. The van der Waals surface area contributed by atoms with Gasteiger partial charge in [0.05, 0.1) is 5.41 Å². The molecule has 1 atom stereocenters. The van der Waals surface area contributed by atoms with Gasteiger partial charge in [0.2, 0.25) is 11.8 Å². The van der Waals surface area contributed by atoms with E-state index in [1.807, 2.05) is 4.90 Å². The molecule has 3 fully saturated rings. The SMILES string of the molecule is O=C(CC1=CCCCC1)N1CCC2(CCCN(CC3CC3)C2=O)C1. The molecular weight excluding hydrogens is 300 g/mol. The van der Waals surface area contributed by atoms with Crippen molar-refractivity contribution in [2.45, 2.75) is 64.2 Å². The lowest BCUT2D eigenvalue weighted by Gasteiger charge is -2.39. The maximum absolute atomic E-state index is 13.0. The fourth-order valence-electron chi connectivity index (χ4n) is 4.77. The summed E-state index contributed by atoms with van der Waals surface area (Å²) in [6, 6.07) is 0. The molecule has 4 nitrogen and oxygen atoms in total. The fourth-order valence-corrected chi connectivity index (χ4v) is 4.77. The van der Waals surface area contributed by atoms with E-state index in [4.69, 9.17) is 0 Å². The number of amides is 2. The zero-order chi connectivity index (χ0) is 16.6. The van der Waals surface area contributed by atoms with Gasteiger partial charge in [-0.2, -0.15) is 0 Å². The van der Waals surface area contributed by atoms with Crippen molar-refractivity contribution < 1.29 is 9.59 Å². The van der Waals surface area contributed by atoms with Crippen LogP contribution in [0.1, 0.15) is 64.2 Å². The highest BCUT2D eigenvalue weighted by molar-refractivity contribution is 5.86. The summed E-state index contributed by atoms with van der Waals surface area (Å²) in [5.41, 5.74) is 1.06. The van der Waals surface area contributed by atoms with Crippen molar-refractivity contribution in [3.63, 3.8) is 0 Å². The smallest absolute Gasteiger partial charge is 0.230 e. The standard InChI is InChI=1S/C20H30N2O2/c23-18(13-16-5-2-1-3-6-16)22-12-10-20(15-22)9-4-11-21(19(20)24)14-17-7-8-17/h5,17H,1-4,6-15H2. The summed E-state index contributed by atoms with van der Waals surface area (Å²) in [7, 11) is 0. The highest BCUT2D eigenvalue weighted by Crippen LogP contribution is 2.42. The van der Waals surface area contributed by atoms with Crippen LogP contribution in [0.25, 0.3) is 0 Å². The quantitative estimate of drug-likeness (QED) is 0.743. The van der Waals surface area contributed by atoms with E-state index in [1.54, 1.807) is 0 Å². The van der Waals surface area contributed by atoms with Gasteiger partial charge in [0, 0.05) is 32.6 Å². The van der Waals surface area contributed by atoms with Crippen molar-refractivity contribution in [1.29, 1.82) is 0 Å². The molecule has 0 N–H and O–H groups in total. The first-order chi connectivity index (χ1) is 11.7. The van der Waals surface area contributed by atoms with E-state index in [9.17, 15) is 9.59 Å². The summed E-state index contributed by atoms with van der Waals surface area (Å²) < 4.78 is 0. The second kappa shape index (κ2) is 6.53. The fraction of sp³-hybridized carbons (Fsp3) is 0.800. The van der Waals surface area contributed by atoms with E-state index in [2.05, 4.69) is 11.0 Å². The molecule has 4 heteroatoms. The lowest BCUT2D eigenvalue weighted by molar-refractivity contribution is -0.146. The van der Waals surface area contributed by atoms with Crippen LogP contribution in [0.4, 0.5) is 0 Å². The minimum atomic E-state index is -0.260. The molecule has 24 heavy (non-hydrogen) atoms. The lowest BCUT2D eigenvalue weighted by Crippen LogP contribution is -2.50. The van der Waals surface area contributed by atoms with Crippen LogP contribution < -0.4 is 0 Å². The number of carbonyl (C=O) groups is 2. The molecule has 1 unspecified atom stereocenters. The van der Waals surface area contributed by atoms with Crippen molar-refractivity contribution in [2.24, 2.45) is 11.3 Å². The molecule has 0 aromatic carbocycles. The molecule has 4 aliphatic rings. The molecule has 2 aliphatic heterocycles. The molecule has 0 aromatic rings. The van der Waals surface area contributed by atoms with E-state index >= 15 is 0 Å². The molecular formula is C20H30N2O2. The second-order valence-corrected chi connectivity index (χ2v) is 8.43. The van der Waals surface area contributed by atoms with E-state index in [1.165, 1.54) is 31.3 Å². The Morgan fingerprint density at radius 3 is 2.79 bits per heavy atom. The van der Waals surface area contributed by atoms with Gasteiger partial charge in [0.1, 0.15) is 0 Å². The zero-order valence-corrected chi connectivity index (χ0v) is 14.8. The molecule has 0 radical (unpaired) electrons. The van der Waals surface area contributed by atoms with Gasteiger partial charge in [0.15, 0.2) is 0 Å². The first-order valence-corrected chi connectivity index (χ1v) is 9.91. The highest BCUT2D eigenvalue weighted by Gasteiger charge is 2.49. The monoisotopic (exact) mass is 330 g/mol. The van der Waals surface area contributed by atoms with E-state index in [-0.39, 0.29) is 11.3 Å². The number of piperidine rings is 1. The summed E-state index contributed by atoms with van der Waals surface area (Å²) in [4.78, 5) is 29.8. The molecule has 1 spiro atoms. The van der Waals surface area contributed by atoms with Crippen molar-refractivity contribution >= 4 is 11.8 Å². The van der Waals surface area contributed by atoms with Gasteiger partial charge < -0.3 is 9.80 Å². The van der Waals surface area contributed by atoms with Gasteiger partial charge in [0.25, 0.3) is 0 Å². The van der Waals surface area contributed by atoms with Crippen molar-refractivity contribution in [1.82, 2.24) is 9.80 Å². The minimum absolute atomic E-state index is 0.243. The number of allylic oxidation sites excluding steroid dienone is 1. The Morgan fingerprint density at radius 2 is 2.04 bits per heavy atom. The maximum atomic E-state index is 13.0. The maximum Gasteiger partial charge on any atom is 0.230 e. The first-order valence-electron chi connectivity index (χ1n) is 9.91. The number of likely N-dealkylation sites (tertiary alicyclic amines) is 2. The van der Waals surface area contributed by atoms with Gasteiger partial charge in [-0.3, -0.25) is 9.59 Å². The van der Waals surface area contributed by atoms with Crippen LogP contribution in [0.3, 0.4) is 0 Å². The summed E-state index contributed by atoms with van der Waals surface area (Å²) >= 11 is 0. The summed E-state index contributed by atoms with van der Waals surface area (Å²) in [5.74, 6) is 1.33. The topological polar surface area (TPSA) is 40.6 Å². The predicted molar refractivity (Wildman–Crippen MR) is 93.3 cm³/mol. The predicted octanol–water partition coefficient (Wildman–Crippen LogP) is 3.13. The van der Waals surface area contributed by atoms with E-state index in [0.29, 0.717) is 18.9 Å². The molecule has 132 valence electrons. The Kier molecular flexibility index (Phi) is 4.40. The molecule has 0 aromatic heterocycles. The average Bonchev–Trinajstić information content (AvgIpc) is 3.30. The molecule has 2 heterocycles. The number of hydrogen-bond acceptors (Lipinski definition) is 2.